The van der Waals surface area contributed by atoms with Gasteiger partial charge in [0.05, 0.1) is 7.11 Å². The lowest BCUT2D eigenvalue weighted by molar-refractivity contribution is 0.415. The first-order valence-electron chi connectivity index (χ1n) is 9.14. The Morgan fingerprint density at radius 3 is 3.00 bits per heavy atom. The maximum Gasteiger partial charge on any atom is 0.190 e. The molecule has 1 fully saturated rings. The fourth-order valence-corrected chi connectivity index (χ4v) is 3.97. The highest BCUT2D eigenvalue weighted by Gasteiger charge is 2.23. The molecule has 0 aliphatic carbocycles. The van der Waals surface area contributed by atoms with Crippen molar-refractivity contribution in [2.24, 2.45) is 10.9 Å². The molecule has 1 saturated heterocycles. The topological polar surface area (TPSA) is 48.9 Å². The van der Waals surface area contributed by atoms with Crippen molar-refractivity contribution >= 4 is 23.0 Å². The van der Waals surface area contributed by atoms with Crippen LogP contribution in [0.1, 0.15) is 11.3 Å². The average Bonchev–Trinajstić information content (AvgIpc) is 3.36. The van der Waals surface area contributed by atoms with E-state index in [9.17, 15) is 0 Å². The molecule has 26 heavy (non-hydrogen) atoms. The Labute approximate surface area is 160 Å². The number of hydrogen-bond donors (Lipinski definition) is 2. The molecule has 0 spiro atoms. The van der Waals surface area contributed by atoms with Gasteiger partial charge in [0.2, 0.25) is 0 Å². The zero-order valence-corrected chi connectivity index (χ0v) is 16.4. The second-order valence-electron chi connectivity index (χ2n) is 6.51. The molecular weight excluding hydrogens is 344 g/mol. The number of aliphatic imine (C=N–C) groups is 1. The fraction of sp³-hybridized carbons (Fsp3) is 0.450. The van der Waals surface area contributed by atoms with Crippen LogP contribution in [-0.2, 0) is 6.42 Å². The highest BCUT2D eigenvalue weighted by Crippen LogP contribution is 2.26. The summed E-state index contributed by atoms with van der Waals surface area (Å²) in [5.41, 5.74) is 1.24. The molecule has 6 heteroatoms. The first-order chi connectivity index (χ1) is 12.8. The van der Waals surface area contributed by atoms with E-state index in [0.29, 0.717) is 5.92 Å². The van der Waals surface area contributed by atoms with Crippen molar-refractivity contribution in [3.63, 3.8) is 0 Å². The van der Waals surface area contributed by atoms with Crippen LogP contribution in [0.5, 0.6) is 5.75 Å². The van der Waals surface area contributed by atoms with Gasteiger partial charge in [-0.2, -0.15) is 0 Å². The molecule has 0 bridgehead atoms. The van der Waals surface area contributed by atoms with Crippen molar-refractivity contribution in [3.05, 3.63) is 46.7 Å². The number of guanidine groups is 1. The van der Waals surface area contributed by atoms with Gasteiger partial charge in [0.15, 0.2) is 5.96 Å². The summed E-state index contributed by atoms with van der Waals surface area (Å²) in [6.07, 6.45) is 2.22. The molecule has 0 saturated carbocycles. The number of thiophene rings is 1. The van der Waals surface area contributed by atoms with Gasteiger partial charge < -0.3 is 20.3 Å². The summed E-state index contributed by atoms with van der Waals surface area (Å²) in [6.45, 7) is 4.00. The van der Waals surface area contributed by atoms with Crippen LogP contribution in [-0.4, -0.2) is 46.3 Å². The first-order valence-corrected chi connectivity index (χ1v) is 10.0. The van der Waals surface area contributed by atoms with Crippen molar-refractivity contribution < 1.29 is 4.74 Å². The monoisotopic (exact) mass is 372 g/mol. The molecule has 1 aromatic heterocycles. The normalized spacial score (nSPS) is 17.4. The van der Waals surface area contributed by atoms with E-state index < -0.39 is 0 Å². The molecule has 2 aromatic rings. The van der Waals surface area contributed by atoms with Crippen LogP contribution in [0.25, 0.3) is 0 Å². The number of benzene rings is 1. The van der Waals surface area contributed by atoms with E-state index in [0.717, 1.165) is 44.3 Å². The molecule has 2 N–H and O–H groups in total. The third-order valence-corrected chi connectivity index (χ3v) is 5.67. The largest absolute Gasteiger partial charge is 0.497 e. The molecule has 2 heterocycles. The van der Waals surface area contributed by atoms with Crippen molar-refractivity contribution in [1.29, 1.82) is 0 Å². The van der Waals surface area contributed by atoms with Crippen LogP contribution in [0.4, 0.5) is 5.69 Å². The summed E-state index contributed by atoms with van der Waals surface area (Å²) in [6, 6.07) is 12.6. The second kappa shape index (κ2) is 9.48. The van der Waals surface area contributed by atoms with Crippen LogP contribution in [0.3, 0.4) is 0 Å². The minimum Gasteiger partial charge on any atom is -0.497 e. The number of hydrogen-bond acceptors (Lipinski definition) is 4. The van der Waals surface area contributed by atoms with Gasteiger partial charge in [-0.3, -0.25) is 4.99 Å². The Morgan fingerprint density at radius 1 is 1.31 bits per heavy atom. The lowest BCUT2D eigenvalue weighted by Gasteiger charge is -2.20. The number of nitrogens with one attached hydrogen (secondary N) is 2. The SMILES string of the molecule is CN=C(NCCc1cccs1)NCC1CCN(c2cccc(OC)c2)C1. The van der Waals surface area contributed by atoms with Gasteiger partial charge in [-0.05, 0) is 42.3 Å². The molecule has 1 atom stereocenters. The third kappa shape index (κ3) is 5.14. The van der Waals surface area contributed by atoms with Crippen LogP contribution in [0.2, 0.25) is 0 Å². The Kier molecular flexibility index (Phi) is 6.77. The number of nitrogens with zero attached hydrogens (tertiary/aromatic N) is 2. The Hall–Kier alpha value is -2.21. The molecule has 1 unspecified atom stereocenters. The van der Waals surface area contributed by atoms with E-state index in [-0.39, 0.29) is 0 Å². The smallest absolute Gasteiger partial charge is 0.190 e. The molecular formula is C20H28N4OS. The van der Waals surface area contributed by atoms with E-state index >= 15 is 0 Å². The van der Waals surface area contributed by atoms with Crippen LogP contribution < -0.4 is 20.3 Å². The van der Waals surface area contributed by atoms with Gasteiger partial charge in [0.1, 0.15) is 5.75 Å². The Bertz CT molecular complexity index is 702. The first kappa shape index (κ1) is 18.6. The molecule has 5 nitrogen and oxygen atoms in total. The second-order valence-corrected chi connectivity index (χ2v) is 7.54. The quantitative estimate of drug-likeness (QED) is 0.579. The highest BCUT2D eigenvalue weighted by molar-refractivity contribution is 7.09. The van der Waals surface area contributed by atoms with Gasteiger partial charge in [-0.25, -0.2) is 0 Å². The molecule has 1 aromatic carbocycles. The molecule has 3 rings (SSSR count). The number of ether oxygens (including phenoxy) is 1. The minimum absolute atomic E-state index is 0.622. The standard InChI is InChI=1S/C20H28N4OS/c1-21-20(22-10-8-19-7-4-12-26-19)23-14-16-9-11-24(15-16)17-5-3-6-18(13-17)25-2/h3-7,12-13,16H,8-11,14-15H2,1-2H3,(H2,21,22,23). The van der Waals surface area contributed by atoms with E-state index in [1.54, 1.807) is 18.4 Å². The summed E-state index contributed by atoms with van der Waals surface area (Å²) in [4.78, 5) is 8.17. The predicted octanol–water partition coefficient (Wildman–Crippen LogP) is 2.99. The molecule has 140 valence electrons. The summed E-state index contributed by atoms with van der Waals surface area (Å²) >= 11 is 1.80. The maximum atomic E-state index is 5.34. The van der Waals surface area contributed by atoms with Crippen molar-refractivity contribution in [2.75, 3.05) is 45.2 Å². The Morgan fingerprint density at radius 2 is 2.23 bits per heavy atom. The lowest BCUT2D eigenvalue weighted by Crippen LogP contribution is -2.41. The van der Waals surface area contributed by atoms with Crippen molar-refractivity contribution in [3.8, 4) is 5.75 Å². The van der Waals surface area contributed by atoms with Gasteiger partial charge in [-0.15, -0.1) is 11.3 Å². The predicted molar refractivity (Wildman–Crippen MR) is 111 cm³/mol. The summed E-state index contributed by atoms with van der Waals surface area (Å²) in [5, 5.41) is 9.00. The number of rotatable bonds is 7. The van der Waals surface area contributed by atoms with E-state index in [4.69, 9.17) is 4.74 Å². The third-order valence-electron chi connectivity index (χ3n) is 4.73. The van der Waals surface area contributed by atoms with Crippen molar-refractivity contribution in [2.45, 2.75) is 12.8 Å². The Balaban J connectivity index is 1.41. The summed E-state index contributed by atoms with van der Waals surface area (Å²) < 4.78 is 5.34. The van der Waals surface area contributed by atoms with Gasteiger partial charge in [0.25, 0.3) is 0 Å². The summed E-state index contributed by atoms with van der Waals surface area (Å²) in [5.74, 6) is 2.43. The van der Waals surface area contributed by atoms with Crippen LogP contribution >= 0.6 is 11.3 Å². The fourth-order valence-electron chi connectivity index (χ4n) is 3.26. The molecule has 1 aliphatic rings. The van der Waals surface area contributed by atoms with E-state index in [1.165, 1.54) is 17.0 Å². The van der Waals surface area contributed by atoms with E-state index in [1.807, 2.05) is 13.1 Å². The van der Waals surface area contributed by atoms with Crippen LogP contribution in [0.15, 0.2) is 46.8 Å². The minimum atomic E-state index is 0.622. The summed E-state index contributed by atoms with van der Waals surface area (Å²) in [7, 11) is 3.55. The molecule has 1 aliphatic heterocycles. The van der Waals surface area contributed by atoms with Crippen molar-refractivity contribution in [1.82, 2.24) is 10.6 Å². The number of anilines is 1. The lowest BCUT2D eigenvalue weighted by atomic mass is 10.1. The zero-order chi connectivity index (χ0) is 18.2. The maximum absolute atomic E-state index is 5.34. The zero-order valence-electron chi connectivity index (χ0n) is 15.6. The number of methoxy groups -OCH3 is 1. The molecule has 0 radical (unpaired) electrons. The van der Waals surface area contributed by atoms with Gasteiger partial charge in [-0.1, -0.05) is 12.1 Å². The van der Waals surface area contributed by atoms with E-state index in [2.05, 4.69) is 56.2 Å². The average molecular weight is 373 g/mol. The van der Waals surface area contributed by atoms with Crippen LogP contribution in [0, 0.1) is 5.92 Å². The van der Waals surface area contributed by atoms with Gasteiger partial charge in [0, 0.05) is 49.9 Å². The molecule has 0 amide bonds. The van der Waals surface area contributed by atoms with Gasteiger partial charge >= 0.3 is 0 Å². The highest BCUT2D eigenvalue weighted by atomic mass is 32.1.